The van der Waals surface area contributed by atoms with Crippen LogP contribution in [-0.2, 0) is 16.0 Å². The molecule has 1 aromatic rings. The number of hydrogen-bond acceptors (Lipinski definition) is 3. The van der Waals surface area contributed by atoms with Gasteiger partial charge in [0.15, 0.2) is 0 Å². The second kappa shape index (κ2) is 4.77. The van der Waals surface area contributed by atoms with Crippen LogP contribution in [0.3, 0.4) is 0 Å². The molecule has 14 heavy (non-hydrogen) atoms. The first-order valence-electron chi connectivity index (χ1n) is 3.92. The van der Waals surface area contributed by atoms with Gasteiger partial charge in [-0.3, -0.25) is 4.79 Å². The zero-order valence-electron chi connectivity index (χ0n) is 7.58. The van der Waals surface area contributed by atoms with Gasteiger partial charge in [0.25, 0.3) is 0 Å². The number of rotatable bonds is 2. The maximum Gasteiger partial charge on any atom is 0.310 e. The average Bonchev–Trinajstić information content (AvgIpc) is 2.20. The lowest BCUT2D eigenvalue weighted by molar-refractivity contribution is -0.139. The van der Waals surface area contributed by atoms with Crippen molar-refractivity contribution in [1.82, 2.24) is 0 Å². The van der Waals surface area contributed by atoms with Crippen molar-refractivity contribution in [2.75, 3.05) is 7.11 Å². The Morgan fingerprint density at radius 3 is 2.86 bits per heavy atom. The normalized spacial score (nSPS) is 9.21. The van der Waals surface area contributed by atoms with Crippen LogP contribution in [0.4, 0.5) is 0 Å². The fraction of sp³-hybridized carbons (Fsp3) is 0.200. The molecule has 72 valence electrons. The van der Waals surface area contributed by atoms with Gasteiger partial charge in [-0.1, -0.05) is 22.0 Å². The Hall–Kier alpha value is -1.34. The highest BCUT2D eigenvalue weighted by Gasteiger charge is 2.06. The minimum Gasteiger partial charge on any atom is -0.469 e. The zero-order chi connectivity index (χ0) is 10.6. The lowest BCUT2D eigenvalue weighted by atomic mass is 10.1. The lowest BCUT2D eigenvalue weighted by Gasteiger charge is -2.02. The fourth-order valence-electron chi connectivity index (χ4n) is 0.988. The van der Waals surface area contributed by atoms with Crippen molar-refractivity contribution in [2.24, 2.45) is 0 Å². The van der Waals surface area contributed by atoms with Crippen molar-refractivity contribution in [3.05, 3.63) is 33.8 Å². The Morgan fingerprint density at radius 1 is 1.64 bits per heavy atom. The molecule has 0 spiro atoms. The van der Waals surface area contributed by atoms with Gasteiger partial charge in [0.2, 0.25) is 0 Å². The molecule has 0 amide bonds. The summed E-state index contributed by atoms with van der Waals surface area (Å²) >= 11 is 3.29. The number of nitriles is 1. The van der Waals surface area contributed by atoms with Crippen LogP contribution in [0.2, 0.25) is 0 Å². The first kappa shape index (κ1) is 10.7. The van der Waals surface area contributed by atoms with Gasteiger partial charge in [-0.25, -0.2) is 0 Å². The maximum atomic E-state index is 11.0. The molecule has 1 aromatic carbocycles. The Balaban J connectivity index is 2.90. The zero-order valence-corrected chi connectivity index (χ0v) is 9.17. The molecule has 0 aliphatic heterocycles. The van der Waals surface area contributed by atoms with E-state index in [4.69, 9.17) is 5.26 Å². The van der Waals surface area contributed by atoms with Crippen molar-refractivity contribution in [3.63, 3.8) is 0 Å². The van der Waals surface area contributed by atoms with E-state index < -0.39 is 0 Å². The Bertz CT molecular complexity index is 396. The number of ether oxygens (including phenoxy) is 1. The van der Waals surface area contributed by atoms with Gasteiger partial charge in [-0.05, 0) is 17.7 Å². The molecule has 0 N–H and O–H groups in total. The number of esters is 1. The van der Waals surface area contributed by atoms with E-state index in [1.54, 1.807) is 18.2 Å². The van der Waals surface area contributed by atoms with E-state index in [9.17, 15) is 4.79 Å². The standard InChI is InChI=1S/C10H8BrNO2/c1-14-10(13)5-8-3-2-7(6-12)4-9(8)11/h2-4H,5H2,1H3. The van der Waals surface area contributed by atoms with E-state index in [0.29, 0.717) is 5.56 Å². The number of carbonyl (C=O) groups is 1. The number of nitrogens with zero attached hydrogens (tertiary/aromatic N) is 1. The van der Waals surface area contributed by atoms with Gasteiger partial charge < -0.3 is 4.74 Å². The van der Waals surface area contributed by atoms with Crippen molar-refractivity contribution < 1.29 is 9.53 Å². The van der Waals surface area contributed by atoms with Crippen LogP contribution in [0, 0.1) is 11.3 Å². The molecule has 0 heterocycles. The van der Waals surface area contributed by atoms with Gasteiger partial charge in [-0.2, -0.15) is 5.26 Å². The molecule has 0 fully saturated rings. The van der Waals surface area contributed by atoms with E-state index in [0.717, 1.165) is 10.0 Å². The number of hydrogen-bond donors (Lipinski definition) is 0. The summed E-state index contributed by atoms with van der Waals surface area (Å²) in [5.74, 6) is -0.296. The topological polar surface area (TPSA) is 50.1 Å². The van der Waals surface area contributed by atoms with Gasteiger partial charge in [0.1, 0.15) is 0 Å². The van der Waals surface area contributed by atoms with Crippen LogP contribution in [0.1, 0.15) is 11.1 Å². The van der Waals surface area contributed by atoms with Crippen molar-refractivity contribution in [3.8, 4) is 6.07 Å². The molecule has 0 atom stereocenters. The predicted molar refractivity (Wildman–Crippen MR) is 54.6 cm³/mol. The Morgan fingerprint density at radius 2 is 2.36 bits per heavy atom. The summed E-state index contributed by atoms with van der Waals surface area (Å²) in [6, 6.07) is 7.10. The summed E-state index contributed by atoms with van der Waals surface area (Å²) in [7, 11) is 1.35. The highest BCUT2D eigenvalue weighted by molar-refractivity contribution is 9.10. The molecule has 0 saturated heterocycles. The van der Waals surface area contributed by atoms with Crippen molar-refractivity contribution in [2.45, 2.75) is 6.42 Å². The molecule has 3 nitrogen and oxygen atoms in total. The lowest BCUT2D eigenvalue weighted by Crippen LogP contribution is -2.04. The summed E-state index contributed by atoms with van der Waals surface area (Å²) < 4.78 is 5.29. The second-order valence-electron chi connectivity index (χ2n) is 2.67. The molecule has 0 aromatic heterocycles. The SMILES string of the molecule is COC(=O)Cc1ccc(C#N)cc1Br. The van der Waals surface area contributed by atoms with Crippen LogP contribution in [-0.4, -0.2) is 13.1 Å². The van der Waals surface area contributed by atoms with E-state index in [-0.39, 0.29) is 12.4 Å². The Kier molecular flexibility index (Phi) is 3.66. The van der Waals surface area contributed by atoms with Crippen LogP contribution in [0.5, 0.6) is 0 Å². The average molecular weight is 254 g/mol. The second-order valence-corrected chi connectivity index (χ2v) is 3.53. The van der Waals surface area contributed by atoms with Crippen LogP contribution in [0.15, 0.2) is 22.7 Å². The predicted octanol–water partition coefficient (Wildman–Crippen LogP) is 2.04. The summed E-state index contributed by atoms with van der Waals surface area (Å²) in [6.45, 7) is 0. The highest BCUT2D eigenvalue weighted by atomic mass is 79.9. The van der Waals surface area contributed by atoms with Crippen LogP contribution in [0.25, 0.3) is 0 Å². The highest BCUT2D eigenvalue weighted by Crippen LogP contribution is 2.19. The van der Waals surface area contributed by atoms with Gasteiger partial charge in [0.05, 0.1) is 25.2 Å². The third-order valence-electron chi connectivity index (χ3n) is 1.74. The minimum absolute atomic E-state index is 0.211. The molecular formula is C10H8BrNO2. The minimum atomic E-state index is -0.296. The third kappa shape index (κ3) is 2.57. The van der Waals surface area contributed by atoms with E-state index in [1.807, 2.05) is 6.07 Å². The van der Waals surface area contributed by atoms with Crippen LogP contribution >= 0.6 is 15.9 Å². The van der Waals surface area contributed by atoms with Gasteiger partial charge >= 0.3 is 5.97 Å². The summed E-state index contributed by atoms with van der Waals surface area (Å²) in [6.07, 6.45) is 0.211. The Labute approximate surface area is 90.4 Å². The molecule has 4 heteroatoms. The first-order valence-corrected chi connectivity index (χ1v) is 4.72. The molecule has 0 saturated carbocycles. The molecule has 0 aliphatic rings. The quantitative estimate of drug-likeness (QED) is 0.759. The van der Waals surface area contributed by atoms with E-state index >= 15 is 0 Å². The number of benzene rings is 1. The van der Waals surface area contributed by atoms with Crippen LogP contribution < -0.4 is 0 Å². The van der Waals surface area contributed by atoms with Gasteiger partial charge in [0, 0.05) is 4.47 Å². The monoisotopic (exact) mass is 253 g/mol. The molecular weight excluding hydrogens is 246 g/mol. The third-order valence-corrected chi connectivity index (χ3v) is 2.48. The summed E-state index contributed by atoms with van der Waals surface area (Å²) in [4.78, 5) is 11.0. The largest absolute Gasteiger partial charge is 0.469 e. The fourth-order valence-corrected chi connectivity index (χ4v) is 1.51. The number of methoxy groups -OCH3 is 1. The smallest absolute Gasteiger partial charge is 0.310 e. The molecule has 0 bridgehead atoms. The summed E-state index contributed by atoms with van der Waals surface area (Å²) in [5, 5.41) is 8.62. The molecule has 0 aliphatic carbocycles. The molecule has 0 unspecified atom stereocenters. The van der Waals surface area contributed by atoms with Crippen molar-refractivity contribution in [1.29, 1.82) is 5.26 Å². The number of carbonyl (C=O) groups excluding carboxylic acids is 1. The first-order chi connectivity index (χ1) is 6.67. The molecule has 1 rings (SSSR count). The maximum absolute atomic E-state index is 11.0. The molecule has 0 radical (unpaired) electrons. The van der Waals surface area contributed by atoms with Gasteiger partial charge in [-0.15, -0.1) is 0 Å². The van der Waals surface area contributed by atoms with E-state index in [2.05, 4.69) is 20.7 Å². The van der Waals surface area contributed by atoms with Crippen molar-refractivity contribution >= 4 is 21.9 Å². The summed E-state index contributed by atoms with van der Waals surface area (Å²) in [5.41, 5.74) is 1.38. The number of halogens is 1. The van der Waals surface area contributed by atoms with E-state index in [1.165, 1.54) is 7.11 Å².